The molecule has 0 aliphatic carbocycles. The van der Waals surface area contributed by atoms with Gasteiger partial charge in [0, 0.05) is 38.3 Å². The van der Waals surface area contributed by atoms with E-state index in [1.54, 1.807) is 18.2 Å². The molecule has 1 saturated heterocycles. The Labute approximate surface area is 125 Å². The fraction of sp³-hybridized carbons (Fsp3) is 0.533. The van der Waals surface area contributed by atoms with Crippen LogP contribution >= 0.6 is 0 Å². The van der Waals surface area contributed by atoms with Crippen LogP contribution in [-0.4, -0.2) is 61.6 Å². The van der Waals surface area contributed by atoms with Gasteiger partial charge in [-0.1, -0.05) is 13.0 Å². The van der Waals surface area contributed by atoms with Crippen LogP contribution in [-0.2, 0) is 0 Å². The highest BCUT2D eigenvalue weighted by Crippen LogP contribution is 2.13. The van der Waals surface area contributed by atoms with Crippen molar-refractivity contribution in [1.82, 2.24) is 15.2 Å². The number of nitrogens with zero attached hydrogens (tertiary/aromatic N) is 2. The van der Waals surface area contributed by atoms with Gasteiger partial charge < -0.3 is 9.64 Å². The summed E-state index contributed by atoms with van der Waals surface area (Å²) in [5, 5.41) is 0. The van der Waals surface area contributed by atoms with Gasteiger partial charge in [0.05, 0.1) is 0 Å². The van der Waals surface area contributed by atoms with Gasteiger partial charge in [-0.05, 0) is 24.7 Å². The number of ether oxygens (including phenoxy) is 1. The van der Waals surface area contributed by atoms with Gasteiger partial charge in [0.15, 0.2) is 0 Å². The van der Waals surface area contributed by atoms with Crippen LogP contribution in [0.2, 0.25) is 0 Å². The van der Waals surface area contributed by atoms with Crippen LogP contribution < -0.4 is 16.0 Å². The molecular formula is C15H24N4O2. The molecule has 1 aliphatic rings. The minimum atomic E-state index is -0.309. The average molecular weight is 292 g/mol. The molecule has 2 rings (SSSR count). The van der Waals surface area contributed by atoms with Crippen LogP contribution in [0.25, 0.3) is 0 Å². The summed E-state index contributed by atoms with van der Waals surface area (Å²) in [6.07, 6.45) is 0. The van der Waals surface area contributed by atoms with E-state index in [0.717, 1.165) is 39.3 Å². The Kier molecular flexibility index (Phi) is 5.98. The summed E-state index contributed by atoms with van der Waals surface area (Å²) < 4.78 is 5.72. The summed E-state index contributed by atoms with van der Waals surface area (Å²) in [6.45, 7) is 9.29. The molecule has 116 valence electrons. The standard InChI is InChI=1S/C15H24N4O2/c1-2-18-6-8-19(9-7-18)10-11-21-14-5-3-4-13(12-14)15(20)17-16/h3-5,12H,2,6-11,16H2,1H3,(H,17,20). The predicted molar refractivity (Wildman–Crippen MR) is 82.1 cm³/mol. The Bertz CT molecular complexity index is 459. The van der Waals surface area contributed by atoms with Crippen molar-refractivity contribution in [2.24, 2.45) is 5.84 Å². The second-order valence-corrected chi connectivity index (χ2v) is 5.13. The molecule has 0 atom stereocenters. The third-order valence-corrected chi connectivity index (χ3v) is 3.82. The number of hydrogen-bond acceptors (Lipinski definition) is 5. The van der Waals surface area contributed by atoms with Crippen molar-refractivity contribution in [3.8, 4) is 5.75 Å². The summed E-state index contributed by atoms with van der Waals surface area (Å²) in [4.78, 5) is 16.3. The maximum Gasteiger partial charge on any atom is 0.265 e. The zero-order valence-electron chi connectivity index (χ0n) is 12.5. The summed E-state index contributed by atoms with van der Waals surface area (Å²) in [7, 11) is 0. The summed E-state index contributed by atoms with van der Waals surface area (Å²) in [5.41, 5.74) is 2.62. The van der Waals surface area contributed by atoms with Gasteiger partial charge in [0.2, 0.25) is 0 Å². The first-order valence-electron chi connectivity index (χ1n) is 7.41. The Morgan fingerprint density at radius 3 is 2.67 bits per heavy atom. The average Bonchev–Trinajstić information content (AvgIpc) is 2.55. The number of amides is 1. The second-order valence-electron chi connectivity index (χ2n) is 5.13. The molecule has 3 N–H and O–H groups in total. The van der Waals surface area contributed by atoms with E-state index < -0.39 is 0 Å². The van der Waals surface area contributed by atoms with Crippen molar-refractivity contribution in [2.45, 2.75) is 6.92 Å². The topological polar surface area (TPSA) is 70.8 Å². The third-order valence-electron chi connectivity index (χ3n) is 3.82. The first kappa shape index (κ1) is 15.8. The zero-order valence-corrected chi connectivity index (χ0v) is 12.5. The molecule has 6 nitrogen and oxygen atoms in total. The van der Waals surface area contributed by atoms with E-state index in [1.165, 1.54) is 0 Å². The minimum absolute atomic E-state index is 0.309. The highest BCUT2D eigenvalue weighted by molar-refractivity contribution is 5.94. The van der Waals surface area contributed by atoms with E-state index >= 15 is 0 Å². The number of piperazine rings is 1. The van der Waals surface area contributed by atoms with Crippen LogP contribution in [0, 0.1) is 0 Å². The van der Waals surface area contributed by atoms with Crippen molar-refractivity contribution in [3.05, 3.63) is 29.8 Å². The van der Waals surface area contributed by atoms with Crippen LogP contribution in [0.4, 0.5) is 0 Å². The highest BCUT2D eigenvalue weighted by atomic mass is 16.5. The van der Waals surface area contributed by atoms with Crippen LogP contribution in [0.15, 0.2) is 24.3 Å². The van der Waals surface area contributed by atoms with Crippen LogP contribution in [0.3, 0.4) is 0 Å². The first-order chi connectivity index (χ1) is 10.2. The number of rotatable bonds is 6. The Morgan fingerprint density at radius 2 is 2.00 bits per heavy atom. The van der Waals surface area contributed by atoms with E-state index in [0.29, 0.717) is 17.9 Å². The van der Waals surface area contributed by atoms with Crippen molar-refractivity contribution < 1.29 is 9.53 Å². The lowest BCUT2D eigenvalue weighted by Gasteiger charge is -2.33. The number of carbonyl (C=O) groups excluding carboxylic acids is 1. The number of likely N-dealkylation sites (N-methyl/N-ethyl adjacent to an activating group) is 1. The third kappa shape index (κ3) is 4.70. The van der Waals surface area contributed by atoms with E-state index in [1.807, 2.05) is 6.07 Å². The van der Waals surface area contributed by atoms with Gasteiger partial charge in [0.25, 0.3) is 5.91 Å². The highest BCUT2D eigenvalue weighted by Gasteiger charge is 2.15. The first-order valence-corrected chi connectivity index (χ1v) is 7.41. The molecule has 0 spiro atoms. The number of nitrogen functional groups attached to an aromatic ring is 1. The molecule has 1 fully saturated rings. The van der Waals surface area contributed by atoms with Gasteiger partial charge in [0.1, 0.15) is 12.4 Å². The maximum absolute atomic E-state index is 11.4. The van der Waals surface area contributed by atoms with Crippen LogP contribution in [0.1, 0.15) is 17.3 Å². The lowest BCUT2D eigenvalue weighted by molar-refractivity contribution is 0.0953. The fourth-order valence-corrected chi connectivity index (χ4v) is 2.43. The summed E-state index contributed by atoms with van der Waals surface area (Å²) >= 11 is 0. The molecule has 1 heterocycles. The molecule has 1 aromatic rings. The molecule has 0 unspecified atom stereocenters. The fourth-order valence-electron chi connectivity index (χ4n) is 2.43. The lowest BCUT2D eigenvalue weighted by Crippen LogP contribution is -2.47. The lowest BCUT2D eigenvalue weighted by atomic mass is 10.2. The molecule has 0 saturated carbocycles. The van der Waals surface area contributed by atoms with Gasteiger partial charge in [-0.15, -0.1) is 0 Å². The molecule has 6 heteroatoms. The number of nitrogens with one attached hydrogen (secondary N) is 1. The largest absolute Gasteiger partial charge is 0.492 e. The number of hydrazine groups is 1. The maximum atomic E-state index is 11.4. The molecular weight excluding hydrogens is 268 g/mol. The monoisotopic (exact) mass is 292 g/mol. The second kappa shape index (κ2) is 7.97. The summed E-state index contributed by atoms with van der Waals surface area (Å²) in [6, 6.07) is 7.05. The zero-order chi connectivity index (χ0) is 15.1. The quantitative estimate of drug-likeness (QED) is 0.448. The van der Waals surface area contributed by atoms with Gasteiger partial charge >= 0.3 is 0 Å². The molecule has 21 heavy (non-hydrogen) atoms. The molecule has 1 amide bonds. The molecule has 0 aromatic heterocycles. The SMILES string of the molecule is CCN1CCN(CCOc2cccc(C(=O)NN)c2)CC1. The van der Waals surface area contributed by atoms with E-state index in [9.17, 15) is 4.79 Å². The molecule has 1 aromatic carbocycles. The smallest absolute Gasteiger partial charge is 0.265 e. The van der Waals surface area contributed by atoms with Crippen LogP contribution in [0.5, 0.6) is 5.75 Å². The van der Waals surface area contributed by atoms with Crippen molar-refractivity contribution in [1.29, 1.82) is 0 Å². The van der Waals surface area contributed by atoms with Gasteiger partial charge in [-0.3, -0.25) is 15.1 Å². The van der Waals surface area contributed by atoms with Crippen molar-refractivity contribution in [3.63, 3.8) is 0 Å². The number of carbonyl (C=O) groups is 1. The number of hydrogen-bond donors (Lipinski definition) is 2. The number of benzene rings is 1. The Hall–Kier alpha value is -1.63. The predicted octanol–water partition coefficient (Wildman–Crippen LogP) is 0.306. The van der Waals surface area contributed by atoms with E-state index in [-0.39, 0.29) is 5.91 Å². The normalized spacial score (nSPS) is 16.7. The molecule has 0 bridgehead atoms. The van der Waals surface area contributed by atoms with E-state index in [4.69, 9.17) is 10.6 Å². The van der Waals surface area contributed by atoms with Gasteiger partial charge in [-0.25, -0.2) is 5.84 Å². The number of nitrogens with two attached hydrogens (primary N) is 1. The Balaban J connectivity index is 1.75. The minimum Gasteiger partial charge on any atom is -0.492 e. The molecule has 1 aliphatic heterocycles. The molecule has 0 radical (unpaired) electrons. The Morgan fingerprint density at radius 1 is 1.29 bits per heavy atom. The van der Waals surface area contributed by atoms with Gasteiger partial charge in [-0.2, -0.15) is 0 Å². The van der Waals surface area contributed by atoms with Crippen molar-refractivity contribution in [2.75, 3.05) is 45.9 Å². The van der Waals surface area contributed by atoms with Crippen molar-refractivity contribution >= 4 is 5.91 Å². The van der Waals surface area contributed by atoms with E-state index in [2.05, 4.69) is 22.1 Å². The summed E-state index contributed by atoms with van der Waals surface area (Å²) in [5.74, 6) is 5.51.